The van der Waals surface area contributed by atoms with E-state index in [1.165, 1.54) is 0 Å². The maximum atomic E-state index is 11.9. The molecule has 0 saturated carbocycles. The number of nitrogens with zero attached hydrogens (tertiary/aromatic N) is 2. The Kier molecular flexibility index (Phi) is 4.70. The van der Waals surface area contributed by atoms with Gasteiger partial charge in [-0.05, 0) is 33.4 Å². The van der Waals surface area contributed by atoms with Crippen molar-refractivity contribution in [3.05, 3.63) is 0 Å². The molecule has 2 unspecified atom stereocenters. The first kappa shape index (κ1) is 14.2. The summed E-state index contributed by atoms with van der Waals surface area (Å²) >= 11 is 1.65. The molecule has 1 aliphatic heterocycles. The minimum Gasteiger partial charge on any atom is -0.444 e. The van der Waals surface area contributed by atoms with Gasteiger partial charge in [-0.25, -0.2) is 4.79 Å². The second-order valence-corrected chi connectivity index (χ2v) is 6.30. The molecule has 0 aromatic heterocycles. The Bertz CT molecular complexity index is 319. The second kappa shape index (κ2) is 5.63. The fourth-order valence-corrected chi connectivity index (χ4v) is 2.65. The quantitative estimate of drug-likeness (QED) is 0.723. The van der Waals surface area contributed by atoms with Crippen molar-refractivity contribution < 1.29 is 9.53 Å². The lowest BCUT2D eigenvalue weighted by molar-refractivity contribution is 0.0205. The lowest BCUT2D eigenvalue weighted by Gasteiger charge is -2.35. The largest absolute Gasteiger partial charge is 0.444 e. The molecule has 96 valence electrons. The van der Waals surface area contributed by atoms with Crippen LogP contribution in [0.1, 0.15) is 27.2 Å². The highest BCUT2D eigenvalue weighted by atomic mass is 32.2. The maximum Gasteiger partial charge on any atom is 0.410 e. The van der Waals surface area contributed by atoms with E-state index in [-0.39, 0.29) is 17.3 Å². The Morgan fingerprint density at radius 2 is 2.18 bits per heavy atom. The van der Waals surface area contributed by atoms with Crippen molar-refractivity contribution in [2.45, 2.75) is 38.0 Å². The van der Waals surface area contributed by atoms with Gasteiger partial charge in [0.05, 0.1) is 12.0 Å². The van der Waals surface area contributed by atoms with Gasteiger partial charge in [-0.15, -0.1) is 0 Å². The van der Waals surface area contributed by atoms with E-state index >= 15 is 0 Å². The molecule has 1 amide bonds. The van der Waals surface area contributed by atoms with Gasteiger partial charge >= 0.3 is 6.09 Å². The first-order valence-electron chi connectivity index (χ1n) is 5.77. The van der Waals surface area contributed by atoms with Gasteiger partial charge < -0.3 is 9.64 Å². The lowest BCUT2D eigenvalue weighted by Crippen LogP contribution is -2.46. The predicted molar refractivity (Wildman–Crippen MR) is 68.8 cm³/mol. The molecule has 1 aliphatic rings. The maximum absolute atomic E-state index is 11.9. The third-order valence-electron chi connectivity index (χ3n) is 2.68. The molecule has 0 aromatic rings. The summed E-state index contributed by atoms with van der Waals surface area (Å²) in [5, 5.41) is 9.20. The Hall–Kier alpha value is -0.890. The van der Waals surface area contributed by atoms with E-state index in [4.69, 9.17) is 10.00 Å². The zero-order valence-electron chi connectivity index (χ0n) is 10.9. The fourth-order valence-electron chi connectivity index (χ4n) is 1.80. The second-order valence-electron chi connectivity index (χ2n) is 5.22. The molecule has 0 aliphatic carbocycles. The molecule has 17 heavy (non-hydrogen) atoms. The number of piperidine rings is 1. The van der Waals surface area contributed by atoms with Crippen LogP contribution < -0.4 is 0 Å². The zero-order chi connectivity index (χ0) is 13.1. The highest BCUT2D eigenvalue weighted by Crippen LogP contribution is 2.26. The molecule has 2 atom stereocenters. The van der Waals surface area contributed by atoms with Crippen molar-refractivity contribution in [3.63, 3.8) is 0 Å². The number of likely N-dealkylation sites (tertiary alicyclic amines) is 1. The Morgan fingerprint density at radius 3 is 2.65 bits per heavy atom. The van der Waals surface area contributed by atoms with E-state index in [1.54, 1.807) is 16.7 Å². The Labute approximate surface area is 107 Å². The van der Waals surface area contributed by atoms with E-state index in [2.05, 4.69) is 6.07 Å². The van der Waals surface area contributed by atoms with Crippen LogP contribution in [-0.2, 0) is 4.74 Å². The molecule has 1 heterocycles. The topological polar surface area (TPSA) is 53.3 Å². The SMILES string of the molecule is CSC1CN(C(=O)OC(C)(C)C)CCC1C#N. The number of carbonyl (C=O) groups is 1. The molecule has 1 rings (SSSR count). The normalized spacial score (nSPS) is 25.2. The third kappa shape index (κ3) is 4.12. The van der Waals surface area contributed by atoms with E-state index in [1.807, 2.05) is 27.0 Å². The van der Waals surface area contributed by atoms with Crippen molar-refractivity contribution in [2.24, 2.45) is 5.92 Å². The highest BCUT2D eigenvalue weighted by Gasteiger charge is 2.32. The number of hydrogen-bond donors (Lipinski definition) is 0. The molecule has 0 spiro atoms. The fraction of sp³-hybridized carbons (Fsp3) is 0.833. The summed E-state index contributed by atoms with van der Waals surface area (Å²) in [7, 11) is 0. The average Bonchev–Trinajstić information content (AvgIpc) is 2.25. The van der Waals surface area contributed by atoms with Gasteiger partial charge in [0.2, 0.25) is 0 Å². The highest BCUT2D eigenvalue weighted by molar-refractivity contribution is 7.99. The van der Waals surface area contributed by atoms with Crippen molar-refractivity contribution in [2.75, 3.05) is 19.3 Å². The van der Waals surface area contributed by atoms with Crippen LogP contribution in [0.25, 0.3) is 0 Å². The van der Waals surface area contributed by atoms with Crippen molar-refractivity contribution in [1.82, 2.24) is 4.90 Å². The summed E-state index contributed by atoms with van der Waals surface area (Å²) in [5.74, 6) is 0.0451. The standard InChI is InChI=1S/C12H20N2O2S/c1-12(2,3)16-11(15)14-6-5-9(7-13)10(8-14)17-4/h9-10H,5-6,8H2,1-4H3. The number of nitriles is 1. The first-order valence-corrected chi connectivity index (χ1v) is 7.06. The van der Waals surface area contributed by atoms with Crippen LogP contribution in [-0.4, -0.2) is 41.2 Å². The minimum atomic E-state index is -0.460. The zero-order valence-corrected chi connectivity index (χ0v) is 11.7. The first-order chi connectivity index (χ1) is 7.87. The van der Waals surface area contributed by atoms with Crippen molar-refractivity contribution in [1.29, 1.82) is 5.26 Å². The number of hydrogen-bond acceptors (Lipinski definition) is 4. The number of ether oxygens (including phenoxy) is 1. The van der Waals surface area contributed by atoms with Crippen LogP contribution >= 0.6 is 11.8 Å². The van der Waals surface area contributed by atoms with Gasteiger partial charge in [0.25, 0.3) is 0 Å². The molecule has 1 fully saturated rings. The number of rotatable bonds is 1. The summed E-state index contributed by atoms with van der Waals surface area (Å²) in [6.45, 7) is 6.80. The van der Waals surface area contributed by atoms with Crippen LogP contribution in [0.2, 0.25) is 0 Å². The van der Waals surface area contributed by atoms with E-state index in [9.17, 15) is 4.79 Å². The van der Waals surface area contributed by atoms with Crippen LogP contribution in [0.15, 0.2) is 0 Å². The van der Waals surface area contributed by atoms with Crippen molar-refractivity contribution >= 4 is 17.9 Å². The van der Waals surface area contributed by atoms with Gasteiger partial charge in [-0.1, -0.05) is 0 Å². The summed E-state index contributed by atoms with van der Waals surface area (Å²) in [6, 6.07) is 2.31. The van der Waals surface area contributed by atoms with E-state index in [0.29, 0.717) is 13.1 Å². The molecule has 0 aromatic carbocycles. The molecular formula is C12H20N2O2S. The van der Waals surface area contributed by atoms with Gasteiger partial charge in [0, 0.05) is 18.3 Å². The summed E-state index contributed by atoms with van der Waals surface area (Å²) in [4.78, 5) is 13.6. The summed E-state index contributed by atoms with van der Waals surface area (Å²) in [5.41, 5.74) is -0.460. The van der Waals surface area contributed by atoms with Crippen LogP contribution in [0, 0.1) is 17.2 Å². The molecule has 0 N–H and O–H groups in total. The lowest BCUT2D eigenvalue weighted by atomic mass is 9.98. The van der Waals surface area contributed by atoms with E-state index in [0.717, 1.165) is 6.42 Å². The molecule has 0 radical (unpaired) electrons. The summed E-state index contributed by atoms with van der Waals surface area (Å²) < 4.78 is 5.33. The molecular weight excluding hydrogens is 236 g/mol. The van der Waals surface area contributed by atoms with Gasteiger partial charge in [-0.3, -0.25) is 0 Å². The third-order valence-corrected chi connectivity index (χ3v) is 3.76. The number of thioether (sulfide) groups is 1. The van der Waals surface area contributed by atoms with Gasteiger partial charge in [0.15, 0.2) is 0 Å². The Morgan fingerprint density at radius 1 is 1.53 bits per heavy atom. The van der Waals surface area contributed by atoms with Crippen LogP contribution in [0.4, 0.5) is 4.79 Å². The smallest absolute Gasteiger partial charge is 0.410 e. The van der Waals surface area contributed by atoms with Crippen molar-refractivity contribution in [3.8, 4) is 6.07 Å². The monoisotopic (exact) mass is 256 g/mol. The minimum absolute atomic E-state index is 0.0451. The predicted octanol–water partition coefficient (Wildman–Crippen LogP) is 2.50. The summed E-state index contributed by atoms with van der Waals surface area (Å²) in [6.07, 6.45) is 2.45. The molecule has 4 nitrogen and oxygen atoms in total. The van der Waals surface area contributed by atoms with Gasteiger partial charge in [-0.2, -0.15) is 17.0 Å². The molecule has 1 saturated heterocycles. The van der Waals surface area contributed by atoms with Crippen LogP contribution in [0.5, 0.6) is 0 Å². The van der Waals surface area contributed by atoms with Gasteiger partial charge in [0.1, 0.15) is 5.60 Å². The average molecular weight is 256 g/mol. The van der Waals surface area contributed by atoms with E-state index < -0.39 is 5.60 Å². The number of carbonyl (C=O) groups excluding carboxylic acids is 1. The number of amides is 1. The molecule has 0 bridgehead atoms. The Balaban J connectivity index is 2.58. The van der Waals surface area contributed by atoms with Crippen LogP contribution in [0.3, 0.4) is 0 Å². The molecule has 5 heteroatoms.